The summed E-state index contributed by atoms with van der Waals surface area (Å²) in [5.74, 6) is 1.25. The lowest BCUT2D eigenvalue weighted by Crippen LogP contribution is -2.35. The Hall–Kier alpha value is -1.82. The van der Waals surface area contributed by atoms with E-state index in [2.05, 4.69) is 15.6 Å². The smallest absolute Gasteiger partial charge is 0.234 e. The van der Waals surface area contributed by atoms with Crippen LogP contribution in [0.5, 0.6) is 11.5 Å². The zero-order valence-electron chi connectivity index (χ0n) is 11.2. The van der Waals surface area contributed by atoms with Gasteiger partial charge in [-0.25, -0.2) is 0 Å². The second-order valence-electron chi connectivity index (χ2n) is 4.44. The topological polar surface area (TPSA) is 72.5 Å². The molecule has 0 aromatic carbocycles. The maximum atomic E-state index is 11.5. The molecule has 0 spiro atoms. The lowest BCUT2D eigenvalue weighted by atomic mass is 10.3. The maximum Gasteiger partial charge on any atom is 0.234 e. The Kier molecular flexibility index (Phi) is 4.57. The van der Waals surface area contributed by atoms with E-state index in [0.29, 0.717) is 24.1 Å². The van der Waals surface area contributed by atoms with E-state index in [4.69, 9.17) is 9.47 Å². The van der Waals surface area contributed by atoms with Gasteiger partial charge in [-0.1, -0.05) is 0 Å². The first-order valence-corrected chi connectivity index (χ1v) is 6.30. The highest BCUT2D eigenvalue weighted by Crippen LogP contribution is 2.28. The van der Waals surface area contributed by atoms with Crippen LogP contribution in [-0.4, -0.2) is 37.7 Å². The van der Waals surface area contributed by atoms with Crippen molar-refractivity contribution in [3.05, 3.63) is 18.0 Å². The number of aromatic nitrogens is 1. The van der Waals surface area contributed by atoms with Crippen LogP contribution in [0.15, 0.2) is 12.3 Å². The Morgan fingerprint density at radius 1 is 1.42 bits per heavy atom. The van der Waals surface area contributed by atoms with Crippen LogP contribution < -0.4 is 20.1 Å². The number of nitrogens with zero attached hydrogens (tertiary/aromatic N) is 1. The van der Waals surface area contributed by atoms with Crippen LogP contribution in [0.1, 0.15) is 18.5 Å². The molecule has 104 valence electrons. The van der Waals surface area contributed by atoms with Gasteiger partial charge in [0.1, 0.15) is 0 Å². The summed E-state index contributed by atoms with van der Waals surface area (Å²) in [7, 11) is 3.15. The molecule has 1 aliphatic rings. The van der Waals surface area contributed by atoms with Gasteiger partial charge in [-0.3, -0.25) is 9.78 Å². The van der Waals surface area contributed by atoms with Crippen molar-refractivity contribution in [2.24, 2.45) is 0 Å². The minimum absolute atomic E-state index is 0.0179. The van der Waals surface area contributed by atoms with Crippen molar-refractivity contribution in [3.63, 3.8) is 0 Å². The summed E-state index contributed by atoms with van der Waals surface area (Å²) in [6, 6.07) is 2.13. The van der Waals surface area contributed by atoms with Crippen LogP contribution in [0, 0.1) is 0 Å². The van der Waals surface area contributed by atoms with Crippen LogP contribution in [-0.2, 0) is 11.3 Å². The van der Waals surface area contributed by atoms with Crippen LogP contribution in [0.4, 0.5) is 0 Å². The van der Waals surface area contributed by atoms with E-state index in [9.17, 15) is 4.79 Å². The summed E-state index contributed by atoms with van der Waals surface area (Å²) in [5, 5.41) is 5.96. The fourth-order valence-corrected chi connectivity index (χ4v) is 1.78. The van der Waals surface area contributed by atoms with E-state index in [1.54, 1.807) is 26.5 Å². The third kappa shape index (κ3) is 3.82. The first kappa shape index (κ1) is 13.6. The largest absolute Gasteiger partial charge is 0.493 e. The zero-order chi connectivity index (χ0) is 13.7. The third-order valence-electron chi connectivity index (χ3n) is 2.89. The lowest BCUT2D eigenvalue weighted by Gasteiger charge is -2.12. The molecule has 1 amide bonds. The summed E-state index contributed by atoms with van der Waals surface area (Å²) in [4.78, 5) is 15.7. The first-order valence-electron chi connectivity index (χ1n) is 6.30. The molecule has 2 rings (SSSR count). The Labute approximate surface area is 112 Å². The van der Waals surface area contributed by atoms with Gasteiger partial charge in [0.05, 0.1) is 26.5 Å². The zero-order valence-corrected chi connectivity index (χ0v) is 11.2. The number of hydrogen-bond donors (Lipinski definition) is 2. The van der Waals surface area contributed by atoms with Crippen molar-refractivity contribution in [1.82, 2.24) is 15.6 Å². The molecule has 1 heterocycles. The Bertz CT molecular complexity index is 447. The second kappa shape index (κ2) is 6.38. The molecule has 0 aliphatic heterocycles. The molecule has 1 fully saturated rings. The van der Waals surface area contributed by atoms with Gasteiger partial charge in [0, 0.05) is 24.8 Å². The Morgan fingerprint density at radius 2 is 2.21 bits per heavy atom. The number of hydrogen-bond acceptors (Lipinski definition) is 5. The monoisotopic (exact) mass is 265 g/mol. The third-order valence-corrected chi connectivity index (χ3v) is 2.89. The molecule has 1 saturated carbocycles. The maximum absolute atomic E-state index is 11.5. The van der Waals surface area contributed by atoms with Gasteiger partial charge in [0.25, 0.3) is 0 Å². The summed E-state index contributed by atoms with van der Waals surface area (Å²) in [6.07, 6.45) is 3.84. The molecule has 6 nitrogen and oxygen atoms in total. The van der Waals surface area contributed by atoms with Crippen molar-refractivity contribution in [2.75, 3.05) is 20.8 Å². The van der Waals surface area contributed by atoms with Crippen LogP contribution in [0.25, 0.3) is 0 Å². The minimum atomic E-state index is 0.0179. The van der Waals surface area contributed by atoms with E-state index >= 15 is 0 Å². The molecule has 1 aromatic heterocycles. The fraction of sp³-hybridized carbons (Fsp3) is 0.538. The number of amides is 1. The van der Waals surface area contributed by atoms with Gasteiger partial charge in [-0.15, -0.1) is 0 Å². The number of pyridine rings is 1. The van der Waals surface area contributed by atoms with Crippen molar-refractivity contribution >= 4 is 5.91 Å². The number of carbonyl (C=O) groups is 1. The second-order valence-corrected chi connectivity index (χ2v) is 4.44. The predicted octanol–water partition coefficient (Wildman–Crippen LogP) is 0.467. The molecule has 1 aliphatic carbocycles. The summed E-state index contributed by atoms with van der Waals surface area (Å²) in [6.45, 7) is 0.733. The summed E-state index contributed by atoms with van der Waals surface area (Å²) >= 11 is 0. The van der Waals surface area contributed by atoms with Crippen LogP contribution >= 0.6 is 0 Å². The Balaban J connectivity index is 1.86. The molecular formula is C13H19N3O3. The number of rotatable bonds is 7. The summed E-state index contributed by atoms with van der Waals surface area (Å²) < 4.78 is 10.5. The van der Waals surface area contributed by atoms with Crippen molar-refractivity contribution in [1.29, 1.82) is 0 Å². The molecule has 0 saturated heterocycles. The highest BCUT2D eigenvalue weighted by atomic mass is 16.5. The van der Waals surface area contributed by atoms with Crippen molar-refractivity contribution < 1.29 is 14.3 Å². The predicted molar refractivity (Wildman–Crippen MR) is 70.2 cm³/mol. The van der Waals surface area contributed by atoms with Gasteiger partial charge in [0.2, 0.25) is 5.91 Å². The van der Waals surface area contributed by atoms with E-state index in [-0.39, 0.29) is 12.5 Å². The normalized spacial score (nSPS) is 14.0. The van der Waals surface area contributed by atoms with E-state index < -0.39 is 0 Å². The van der Waals surface area contributed by atoms with Crippen LogP contribution in [0.2, 0.25) is 0 Å². The first-order chi connectivity index (χ1) is 9.24. The average molecular weight is 265 g/mol. The average Bonchev–Trinajstić information content (AvgIpc) is 3.22. The SMILES string of the molecule is COc1ccnc(CNCC(=O)NC2CC2)c1OC. The Morgan fingerprint density at radius 3 is 2.84 bits per heavy atom. The molecule has 0 atom stereocenters. The van der Waals surface area contributed by atoms with Gasteiger partial charge in [-0.05, 0) is 12.8 Å². The van der Waals surface area contributed by atoms with E-state index in [1.165, 1.54) is 0 Å². The molecule has 19 heavy (non-hydrogen) atoms. The molecule has 0 bridgehead atoms. The standard InChI is InChI=1S/C13H19N3O3/c1-18-11-5-6-15-10(13(11)19-2)7-14-8-12(17)16-9-3-4-9/h5-6,9,14H,3-4,7-8H2,1-2H3,(H,16,17). The fourth-order valence-electron chi connectivity index (χ4n) is 1.78. The van der Waals surface area contributed by atoms with Gasteiger partial charge < -0.3 is 20.1 Å². The van der Waals surface area contributed by atoms with Crippen molar-refractivity contribution in [3.8, 4) is 11.5 Å². The van der Waals surface area contributed by atoms with Gasteiger partial charge in [0.15, 0.2) is 11.5 Å². The van der Waals surface area contributed by atoms with Crippen molar-refractivity contribution in [2.45, 2.75) is 25.4 Å². The summed E-state index contributed by atoms with van der Waals surface area (Å²) in [5.41, 5.74) is 0.723. The molecule has 6 heteroatoms. The number of carbonyl (C=O) groups excluding carboxylic acids is 1. The molecule has 1 aromatic rings. The highest BCUT2D eigenvalue weighted by molar-refractivity contribution is 5.78. The number of ether oxygens (including phenoxy) is 2. The van der Waals surface area contributed by atoms with Gasteiger partial charge in [-0.2, -0.15) is 0 Å². The van der Waals surface area contributed by atoms with Gasteiger partial charge >= 0.3 is 0 Å². The van der Waals surface area contributed by atoms with E-state index in [1.807, 2.05) is 0 Å². The lowest BCUT2D eigenvalue weighted by molar-refractivity contribution is -0.120. The van der Waals surface area contributed by atoms with Crippen LogP contribution in [0.3, 0.4) is 0 Å². The highest BCUT2D eigenvalue weighted by Gasteiger charge is 2.22. The number of methoxy groups -OCH3 is 2. The molecule has 0 unspecified atom stereocenters. The molecular weight excluding hydrogens is 246 g/mol. The number of nitrogens with one attached hydrogen (secondary N) is 2. The molecule has 0 radical (unpaired) electrons. The van der Waals surface area contributed by atoms with E-state index in [0.717, 1.165) is 18.5 Å². The quantitative estimate of drug-likeness (QED) is 0.749. The molecule has 2 N–H and O–H groups in total. The minimum Gasteiger partial charge on any atom is -0.493 e.